The highest BCUT2D eigenvalue weighted by atomic mass is 16.2. The summed E-state index contributed by atoms with van der Waals surface area (Å²) in [5.41, 5.74) is 0. The maximum Gasteiger partial charge on any atom is 0.219 e. The van der Waals surface area contributed by atoms with E-state index in [1.807, 2.05) is 13.8 Å². The highest BCUT2D eigenvalue weighted by molar-refractivity contribution is 5.75. The summed E-state index contributed by atoms with van der Waals surface area (Å²) < 4.78 is 0. The van der Waals surface area contributed by atoms with E-state index >= 15 is 0 Å². The zero-order valence-electron chi connectivity index (χ0n) is 11.2. The first-order chi connectivity index (χ1) is 7.43. The van der Waals surface area contributed by atoms with Gasteiger partial charge >= 0.3 is 0 Å². The number of carbonyl (C=O) groups excluding carboxylic acids is 2. The Balaban J connectivity index is 0. The van der Waals surface area contributed by atoms with Crippen molar-refractivity contribution in [1.29, 1.82) is 0 Å². The van der Waals surface area contributed by atoms with Gasteiger partial charge in [0.1, 0.15) is 0 Å². The first kappa shape index (κ1) is 17.3. The summed E-state index contributed by atoms with van der Waals surface area (Å²) >= 11 is 0. The van der Waals surface area contributed by atoms with Crippen LogP contribution in [0.5, 0.6) is 0 Å². The molecule has 0 unspecified atom stereocenters. The van der Waals surface area contributed by atoms with E-state index in [1.54, 1.807) is 7.05 Å². The smallest absolute Gasteiger partial charge is 0.219 e. The van der Waals surface area contributed by atoms with Crippen molar-refractivity contribution in [2.24, 2.45) is 5.92 Å². The fourth-order valence-electron chi connectivity index (χ4n) is 0.914. The molecule has 0 fully saturated rings. The average Bonchev–Trinajstić information content (AvgIpc) is 2.17. The Kier molecular flexibility index (Phi) is 13.0. The molecule has 0 radical (unpaired) electrons. The number of hydrogen-bond donors (Lipinski definition) is 2. The van der Waals surface area contributed by atoms with E-state index in [1.165, 1.54) is 6.92 Å². The minimum absolute atomic E-state index is 0.0680. The summed E-state index contributed by atoms with van der Waals surface area (Å²) in [5, 5.41) is 5.26. The van der Waals surface area contributed by atoms with Gasteiger partial charge in [-0.15, -0.1) is 0 Å². The summed E-state index contributed by atoms with van der Waals surface area (Å²) in [4.78, 5) is 20.7. The molecule has 0 aromatic heterocycles. The van der Waals surface area contributed by atoms with E-state index in [9.17, 15) is 9.59 Å². The highest BCUT2D eigenvalue weighted by Crippen LogP contribution is 1.96. The average molecular weight is 230 g/mol. The lowest BCUT2D eigenvalue weighted by Crippen LogP contribution is -2.20. The molecule has 16 heavy (non-hydrogen) atoms. The molecule has 0 aliphatic carbocycles. The fraction of sp³-hybridized carbons (Fsp3) is 0.833. The molecule has 0 saturated heterocycles. The summed E-state index contributed by atoms with van der Waals surface area (Å²) in [6.45, 7) is 8.51. The Labute approximate surface area is 99.2 Å². The van der Waals surface area contributed by atoms with Gasteiger partial charge in [0, 0.05) is 26.9 Å². The normalized spacial score (nSPS) is 9.12. The number of carbonyl (C=O) groups is 2. The number of unbranched alkanes of at least 4 members (excludes halogenated alkanes) is 1. The van der Waals surface area contributed by atoms with E-state index in [4.69, 9.17) is 0 Å². The summed E-state index contributed by atoms with van der Waals surface area (Å²) in [6, 6.07) is 0. The Hall–Kier alpha value is -1.06. The Morgan fingerprint density at radius 2 is 1.81 bits per heavy atom. The van der Waals surface area contributed by atoms with Gasteiger partial charge in [0.2, 0.25) is 11.8 Å². The van der Waals surface area contributed by atoms with E-state index in [0.717, 1.165) is 19.4 Å². The standard InChI is InChI=1S/2C6H13NO/c1-5(2)4-6(8)7-3;1-3-4-5-7-6(2)8/h5H,4H2,1-3H3,(H,7,8);3-5H2,1-2H3,(H,7,8). The highest BCUT2D eigenvalue weighted by Gasteiger charge is 1.99. The van der Waals surface area contributed by atoms with Crippen LogP contribution in [0.1, 0.15) is 47.0 Å². The second kappa shape index (κ2) is 12.0. The SMILES string of the molecule is CCCCNC(C)=O.CNC(=O)CC(C)C. The molecule has 4 heteroatoms. The molecule has 0 atom stereocenters. The van der Waals surface area contributed by atoms with Crippen LogP contribution in [-0.2, 0) is 9.59 Å². The van der Waals surface area contributed by atoms with Crippen LogP contribution in [0.15, 0.2) is 0 Å². The van der Waals surface area contributed by atoms with Gasteiger partial charge in [-0.2, -0.15) is 0 Å². The third-order valence-electron chi connectivity index (χ3n) is 1.78. The van der Waals surface area contributed by atoms with Crippen molar-refractivity contribution in [3.8, 4) is 0 Å². The maximum atomic E-state index is 10.5. The zero-order valence-corrected chi connectivity index (χ0v) is 11.2. The molecule has 2 N–H and O–H groups in total. The monoisotopic (exact) mass is 230 g/mol. The molecular weight excluding hydrogens is 204 g/mol. The van der Waals surface area contributed by atoms with Crippen molar-refractivity contribution >= 4 is 11.8 Å². The summed E-state index contributed by atoms with van der Waals surface area (Å²) in [7, 11) is 1.66. The van der Waals surface area contributed by atoms with Gasteiger partial charge in [0.25, 0.3) is 0 Å². The van der Waals surface area contributed by atoms with Crippen molar-refractivity contribution < 1.29 is 9.59 Å². The van der Waals surface area contributed by atoms with Crippen LogP contribution in [-0.4, -0.2) is 25.4 Å². The molecule has 4 nitrogen and oxygen atoms in total. The van der Waals surface area contributed by atoms with Gasteiger partial charge in [-0.1, -0.05) is 27.2 Å². The quantitative estimate of drug-likeness (QED) is 0.706. The summed E-state index contributed by atoms with van der Waals surface area (Å²) in [6.07, 6.45) is 2.86. The minimum Gasteiger partial charge on any atom is -0.359 e. The van der Waals surface area contributed by atoms with E-state index in [0.29, 0.717) is 12.3 Å². The zero-order chi connectivity index (χ0) is 13.0. The molecule has 0 heterocycles. The number of rotatable bonds is 5. The lowest BCUT2D eigenvalue weighted by molar-refractivity contribution is -0.121. The van der Waals surface area contributed by atoms with Gasteiger partial charge in [-0.05, 0) is 12.3 Å². The molecule has 0 bridgehead atoms. The number of hydrogen-bond acceptors (Lipinski definition) is 2. The first-order valence-corrected chi connectivity index (χ1v) is 5.89. The lowest BCUT2D eigenvalue weighted by atomic mass is 10.1. The van der Waals surface area contributed by atoms with Gasteiger partial charge in [-0.3, -0.25) is 9.59 Å². The van der Waals surface area contributed by atoms with Gasteiger partial charge in [-0.25, -0.2) is 0 Å². The van der Waals surface area contributed by atoms with Crippen molar-refractivity contribution in [1.82, 2.24) is 10.6 Å². The van der Waals surface area contributed by atoms with Crippen molar-refractivity contribution in [3.05, 3.63) is 0 Å². The topological polar surface area (TPSA) is 58.2 Å². The van der Waals surface area contributed by atoms with Crippen molar-refractivity contribution in [2.45, 2.75) is 47.0 Å². The molecular formula is C12H26N2O2. The Morgan fingerprint density at radius 1 is 1.25 bits per heavy atom. The van der Waals surface area contributed by atoms with E-state index in [2.05, 4.69) is 17.6 Å². The van der Waals surface area contributed by atoms with Crippen LogP contribution < -0.4 is 10.6 Å². The van der Waals surface area contributed by atoms with Crippen LogP contribution >= 0.6 is 0 Å². The van der Waals surface area contributed by atoms with Gasteiger partial charge < -0.3 is 10.6 Å². The number of amides is 2. The van der Waals surface area contributed by atoms with Crippen molar-refractivity contribution in [3.63, 3.8) is 0 Å². The predicted octanol–water partition coefficient (Wildman–Crippen LogP) is 1.70. The Morgan fingerprint density at radius 3 is 2.06 bits per heavy atom. The molecule has 0 aliphatic rings. The Bertz CT molecular complexity index is 191. The maximum absolute atomic E-state index is 10.5. The molecule has 0 aliphatic heterocycles. The molecule has 0 saturated carbocycles. The van der Waals surface area contributed by atoms with Crippen LogP contribution in [0.3, 0.4) is 0 Å². The third-order valence-corrected chi connectivity index (χ3v) is 1.78. The van der Waals surface area contributed by atoms with Crippen LogP contribution in [0.25, 0.3) is 0 Å². The minimum atomic E-state index is 0.0680. The fourth-order valence-corrected chi connectivity index (χ4v) is 0.914. The lowest BCUT2D eigenvalue weighted by Gasteiger charge is -2.00. The second-order valence-corrected chi connectivity index (χ2v) is 4.11. The molecule has 0 rings (SSSR count). The van der Waals surface area contributed by atoms with Crippen LogP contribution in [0.4, 0.5) is 0 Å². The predicted molar refractivity (Wildman–Crippen MR) is 67.1 cm³/mol. The molecule has 0 aromatic rings. The molecule has 0 spiro atoms. The van der Waals surface area contributed by atoms with E-state index in [-0.39, 0.29) is 11.8 Å². The molecule has 0 aromatic carbocycles. The largest absolute Gasteiger partial charge is 0.359 e. The van der Waals surface area contributed by atoms with Crippen LogP contribution in [0, 0.1) is 5.92 Å². The van der Waals surface area contributed by atoms with Crippen molar-refractivity contribution in [2.75, 3.05) is 13.6 Å². The first-order valence-electron chi connectivity index (χ1n) is 5.89. The summed E-state index contributed by atoms with van der Waals surface area (Å²) in [5.74, 6) is 0.661. The second-order valence-electron chi connectivity index (χ2n) is 4.11. The third kappa shape index (κ3) is 18.7. The number of nitrogens with one attached hydrogen (secondary N) is 2. The van der Waals surface area contributed by atoms with Gasteiger partial charge in [0.05, 0.1) is 0 Å². The van der Waals surface area contributed by atoms with Crippen LogP contribution in [0.2, 0.25) is 0 Å². The molecule has 96 valence electrons. The van der Waals surface area contributed by atoms with Gasteiger partial charge in [0.15, 0.2) is 0 Å². The van der Waals surface area contributed by atoms with E-state index < -0.39 is 0 Å². The molecule has 2 amide bonds.